The van der Waals surface area contributed by atoms with Crippen molar-refractivity contribution < 1.29 is 0 Å². The van der Waals surface area contributed by atoms with Gasteiger partial charge in [0, 0.05) is 18.9 Å². The molecule has 0 saturated heterocycles. The van der Waals surface area contributed by atoms with Gasteiger partial charge in [0.25, 0.3) is 0 Å². The molecule has 0 aromatic carbocycles. The minimum Gasteiger partial charge on any atom is -0.337 e. The van der Waals surface area contributed by atoms with Crippen LogP contribution in [-0.4, -0.2) is 9.55 Å². The topological polar surface area (TPSA) is 17.8 Å². The van der Waals surface area contributed by atoms with Gasteiger partial charge in [-0.2, -0.15) is 0 Å². The molecular weight excluding hydrogens is 280 g/mol. The molecule has 1 aromatic heterocycles. The van der Waals surface area contributed by atoms with Crippen molar-refractivity contribution in [2.45, 2.75) is 85.1 Å². The van der Waals surface area contributed by atoms with Crippen LogP contribution in [0.2, 0.25) is 0 Å². The van der Waals surface area contributed by atoms with Crippen LogP contribution in [0.25, 0.3) is 0 Å². The van der Waals surface area contributed by atoms with E-state index in [0.29, 0.717) is 5.41 Å². The highest BCUT2D eigenvalue weighted by Crippen LogP contribution is 2.43. The average molecular weight is 317 g/mol. The van der Waals surface area contributed by atoms with Crippen molar-refractivity contribution in [1.82, 2.24) is 9.55 Å². The minimum absolute atomic E-state index is 0.496. The summed E-state index contributed by atoms with van der Waals surface area (Å²) in [6, 6.07) is 0. The molecule has 0 aliphatic heterocycles. The van der Waals surface area contributed by atoms with E-state index in [2.05, 4.69) is 48.7 Å². The summed E-state index contributed by atoms with van der Waals surface area (Å²) in [6.07, 6.45) is 23.2. The molecule has 2 rings (SSSR count). The van der Waals surface area contributed by atoms with E-state index in [4.69, 9.17) is 0 Å². The Bertz CT molecular complexity index is 444. The lowest BCUT2D eigenvalue weighted by Gasteiger charge is -2.40. The van der Waals surface area contributed by atoms with Crippen molar-refractivity contribution >= 4 is 0 Å². The number of hydrogen-bond donors (Lipinski definition) is 0. The molecule has 0 N–H and O–H groups in total. The molecule has 1 aromatic rings. The lowest BCUT2D eigenvalue weighted by Crippen LogP contribution is -2.31. The molecule has 1 aliphatic rings. The SMILES string of the molecule is CCCCCCC/C=C\C1CCC(C)(C)CC1Cn1ccnc1. The molecule has 0 radical (unpaired) electrons. The van der Waals surface area contributed by atoms with Crippen molar-refractivity contribution in [2.75, 3.05) is 0 Å². The van der Waals surface area contributed by atoms with Gasteiger partial charge in [0.2, 0.25) is 0 Å². The summed E-state index contributed by atoms with van der Waals surface area (Å²) < 4.78 is 2.26. The fraction of sp³-hybridized carbons (Fsp3) is 0.762. The summed E-state index contributed by atoms with van der Waals surface area (Å²) >= 11 is 0. The Kier molecular flexibility index (Phi) is 7.39. The van der Waals surface area contributed by atoms with E-state index < -0.39 is 0 Å². The molecular formula is C21H36N2. The average Bonchev–Trinajstić information content (AvgIpc) is 3.01. The monoisotopic (exact) mass is 316 g/mol. The zero-order chi connectivity index (χ0) is 16.5. The fourth-order valence-electron chi connectivity index (χ4n) is 4.01. The molecule has 2 nitrogen and oxygen atoms in total. The Morgan fingerprint density at radius 2 is 2.04 bits per heavy atom. The summed E-state index contributed by atoms with van der Waals surface area (Å²) in [6.45, 7) is 8.27. The zero-order valence-electron chi connectivity index (χ0n) is 15.5. The molecule has 1 fully saturated rings. The van der Waals surface area contributed by atoms with E-state index in [-0.39, 0.29) is 0 Å². The van der Waals surface area contributed by atoms with Crippen molar-refractivity contribution in [2.24, 2.45) is 17.3 Å². The number of unbranched alkanes of at least 4 members (excludes halogenated alkanes) is 5. The van der Waals surface area contributed by atoms with E-state index in [0.717, 1.165) is 18.4 Å². The standard InChI is InChI=1S/C21H36N2/c1-4-5-6-7-8-9-10-11-19-12-13-21(2,3)16-20(19)17-23-15-14-22-18-23/h10-11,14-15,18-20H,4-9,12-13,16-17H2,1-3H3/b11-10-. The van der Waals surface area contributed by atoms with Gasteiger partial charge in [0.15, 0.2) is 0 Å². The largest absolute Gasteiger partial charge is 0.337 e. The molecule has 1 heterocycles. The molecule has 2 heteroatoms. The molecule has 1 aliphatic carbocycles. The van der Waals surface area contributed by atoms with Crippen LogP contribution in [0.1, 0.15) is 78.6 Å². The Balaban J connectivity index is 1.82. The van der Waals surface area contributed by atoms with Crippen LogP contribution in [0.15, 0.2) is 30.9 Å². The molecule has 0 spiro atoms. The molecule has 0 bridgehead atoms. The second-order valence-electron chi connectivity index (χ2n) is 8.22. The lowest BCUT2D eigenvalue weighted by molar-refractivity contribution is 0.128. The summed E-state index contributed by atoms with van der Waals surface area (Å²) in [4.78, 5) is 4.20. The summed E-state index contributed by atoms with van der Waals surface area (Å²) in [5.74, 6) is 1.50. The second kappa shape index (κ2) is 9.30. The molecule has 130 valence electrons. The molecule has 2 unspecified atom stereocenters. The van der Waals surface area contributed by atoms with Crippen LogP contribution in [-0.2, 0) is 6.54 Å². The normalized spacial score (nSPS) is 24.3. The molecule has 1 saturated carbocycles. The maximum atomic E-state index is 4.20. The Labute approximate surface area is 143 Å². The van der Waals surface area contributed by atoms with Gasteiger partial charge in [-0.25, -0.2) is 4.98 Å². The quantitative estimate of drug-likeness (QED) is 0.389. The van der Waals surface area contributed by atoms with Crippen molar-refractivity contribution in [1.29, 1.82) is 0 Å². The first-order valence-electron chi connectivity index (χ1n) is 9.73. The smallest absolute Gasteiger partial charge is 0.0946 e. The van der Waals surface area contributed by atoms with Gasteiger partial charge in [0.05, 0.1) is 6.33 Å². The van der Waals surface area contributed by atoms with Gasteiger partial charge >= 0.3 is 0 Å². The van der Waals surface area contributed by atoms with E-state index in [9.17, 15) is 0 Å². The first-order chi connectivity index (χ1) is 11.1. The number of hydrogen-bond acceptors (Lipinski definition) is 1. The molecule has 2 atom stereocenters. The predicted molar refractivity (Wildman–Crippen MR) is 99.4 cm³/mol. The first-order valence-corrected chi connectivity index (χ1v) is 9.73. The highest BCUT2D eigenvalue weighted by Gasteiger charge is 2.33. The van der Waals surface area contributed by atoms with E-state index in [1.165, 1.54) is 57.8 Å². The Morgan fingerprint density at radius 1 is 1.22 bits per heavy atom. The number of aromatic nitrogens is 2. The second-order valence-corrected chi connectivity index (χ2v) is 8.22. The maximum Gasteiger partial charge on any atom is 0.0946 e. The van der Waals surface area contributed by atoms with Gasteiger partial charge in [-0.05, 0) is 49.4 Å². The summed E-state index contributed by atoms with van der Waals surface area (Å²) in [5, 5.41) is 0. The zero-order valence-corrected chi connectivity index (χ0v) is 15.5. The third-order valence-electron chi connectivity index (χ3n) is 5.44. The highest BCUT2D eigenvalue weighted by molar-refractivity contribution is 4.97. The van der Waals surface area contributed by atoms with Crippen LogP contribution in [0.3, 0.4) is 0 Å². The Morgan fingerprint density at radius 3 is 2.78 bits per heavy atom. The number of allylic oxidation sites excluding steroid dienone is 2. The van der Waals surface area contributed by atoms with Gasteiger partial charge in [-0.3, -0.25) is 0 Å². The third-order valence-corrected chi connectivity index (χ3v) is 5.44. The van der Waals surface area contributed by atoms with Crippen LogP contribution in [0.4, 0.5) is 0 Å². The fourth-order valence-corrected chi connectivity index (χ4v) is 4.01. The Hall–Kier alpha value is -1.05. The van der Waals surface area contributed by atoms with Gasteiger partial charge in [-0.15, -0.1) is 0 Å². The van der Waals surface area contributed by atoms with Gasteiger partial charge in [-0.1, -0.05) is 58.6 Å². The van der Waals surface area contributed by atoms with Crippen molar-refractivity contribution in [3.05, 3.63) is 30.9 Å². The van der Waals surface area contributed by atoms with Crippen LogP contribution in [0, 0.1) is 17.3 Å². The number of nitrogens with zero attached hydrogens (tertiary/aromatic N) is 2. The summed E-state index contributed by atoms with van der Waals surface area (Å²) in [7, 11) is 0. The van der Waals surface area contributed by atoms with Crippen LogP contribution in [0.5, 0.6) is 0 Å². The number of rotatable bonds is 9. The van der Waals surface area contributed by atoms with Crippen LogP contribution < -0.4 is 0 Å². The van der Waals surface area contributed by atoms with Gasteiger partial charge < -0.3 is 4.57 Å². The predicted octanol–water partition coefficient (Wildman–Crippen LogP) is 6.24. The van der Waals surface area contributed by atoms with E-state index in [1.54, 1.807) is 0 Å². The highest BCUT2D eigenvalue weighted by atomic mass is 15.0. The van der Waals surface area contributed by atoms with E-state index in [1.807, 2.05) is 12.5 Å². The van der Waals surface area contributed by atoms with Crippen LogP contribution >= 0.6 is 0 Å². The van der Waals surface area contributed by atoms with Crippen molar-refractivity contribution in [3.8, 4) is 0 Å². The summed E-state index contributed by atoms with van der Waals surface area (Å²) in [5.41, 5.74) is 0.496. The minimum atomic E-state index is 0.496. The van der Waals surface area contributed by atoms with Crippen molar-refractivity contribution in [3.63, 3.8) is 0 Å². The maximum absolute atomic E-state index is 4.20. The third kappa shape index (κ3) is 6.53. The lowest BCUT2D eigenvalue weighted by atomic mass is 9.67. The van der Waals surface area contributed by atoms with Gasteiger partial charge in [0.1, 0.15) is 0 Å². The molecule has 0 amide bonds. The molecule has 23 heavy (non-hydrogen) atoms. The number of imidazole rings is 1. The van der Waals surface area contributed by atoms with E-state index >= 15 is 0 Å². The first kappa shape index (κ1) is 18.3.